The lowest BCUT2D eigenvalue weighted by Gasteiger charge is -2.19. The van der Waals surface area contributed by atoms with Crippen LogP contribution in [0.25, 0.3) is 66.6 Å². The van der Waals surface area contributed by atoms with Crippen LogP contribution in [0.4, 0.5) is 4.39 Å². The summed E-state index contributed by atoms with van der Waals surface area (Å²) in [5.74, 6) is -0.690. The highest BCUT2D eigenvalue weighted by Gasteiger charge is 2.28. The summed E-state index contributed by atoms with van der Waals surface area (Å²) in [6.07, 6.45) is -0.291. The van der Waals surface area contributed by atoms with E-state index in [-0.39, 0.29) is 17.8 Å². The zero-order valence-electron chi connectivity index (χ0n) is 28.5. The van der Waals surface area contributed by atoms with Gasteiger partial charge in [-0.05, 0) is 63.9 Å². The molecule has 0 amide bonds. The summed E-state index contributed by atoms with van der Waals surface area (Å²) in [6, 6.07) is 36.9. The average Bonchev–Trinajstić information content (AvgIpc) is 3.46. The second kappa shape index (κ2) is 11.1. The van der Waals surface area contributed by atoms with Gasteiger partial charge in [0, 0.05) is 27.9 Å². The fourth-order valence-corrected chi connectivity index (χ4v) is 6.28. The van der Waals surface area contributed by atoms with E-state index >= 15 is 4.39 Å². The Hall–Kier alpha value is -5.53. The predicted molar refractivity (Wildman–Crippen MR) is 185 cm³/mol. The molecule has 0 aliphatic heterocycles. The molecule has 0 radical (unpaired) electrons. The molecule has 0 aliphatic rings. The van der Waals surface area contributed by atoms with Crippen molar-refractivity contribution in [2.24, 2.45) is 7.05 Å². The van der Waals surface area contributed by atoms with Crippen molar-refractivity contribution >= 4 is 21.9 Å². The summed E-state index contributed by atoms with van der Waals surface area (Å²) in [4.78, 5) is 0. The number of aryl methyl sites for hydroxylation is 1. The van der Waals surface area contributed by atoms with Crippen molar-refractivity contribution in [1.29, 1.82) is 5.26 Å². The van der Waals surface area contributed by atoms with E-state index in [1.807, 2.05) is 82.3 Å². The van der Waals surface area contributed by atoms with Gasteiger partial charge in [0.15, 0.2) is 5.82 Å². The van der Waals surface area contributed by atoms with E-state index in [9.17, 15) is 6.63 Å². The monoisotopic (exact) mass is 603 g/mol. The molecule has 0 spiro atoms. The predicted octanol–water partition coefficient (Wildman–Crippen LogP) is 10.7. The van der Waals surface area contributed by atoms with Gasteiger partial charge in [0.2, 0.25) is 11.9 Å². The van der Waals surface area contributed by atoms with Crippen molar-refractivity contribution in [1.82, 2.24) is 0 Å². The molecule has 0 bridgehead atoms. The molecule has 0 unspecified atom stereocenters. The van der Waals surface area contributed by atoms with Gasteiger partial charge < -0.3 is 4.42 Å². The van der Waals surface area contributed by atoms with Crippen LogP contribution in [0.5, 0.6) is 0 Å². The number of nitriles is 1. The van der Waals surface area contributed by atoms with E-state index in [1.54, 1.807) is 7.05 Å². The van der Waals surface area contributed by atoms with E-state index in [1.165, 1.54) is 4.57 Å². The van der Waals surface area contributed by atoms with E-state index < -0.39 is 11.2 Å². The van der Waals surface area contributed by atoms with Crippen LogP contribution in [0.3, 0.4) is 0 Å². The highest BCUT2D eigenvalue weighted by Crippen LogP contribution is 2.43. The summed E-state index contributed by atoms with van der Waals surface area (Å²) in [5.41, 5.74) is 8.92. The Morgan fingerprint density at radius 3 is 1.98 bits per heavy atom. The number of benzene rings is 5. The summed E-state index contributed by atoms with van der Waals surface area (Å²) >= 11 is 0. The van der Waals surface area contributed by atoms with Crippen molar-refractivity contribution in [3.05, 3.63) is 138 Å². The maximum absolute atomic E-state index is 15.5. The molecular formula is C42H34FN2O+. The number of nitrogens with zero attached hydrogens (tertiary/aromatic N) is 2. The quantitative estimate of drug-likeness (QED) is 0.188. The smallest absolute Gasteiger partial charge is 0.216 e. The first-order valence-electron chi connectivity index (χ1n) is 16.3. The average molecular weight is 604 g/mol. The van der Waals surface area contributed by atoms with Gasteiger partial charge in [0.25, 0.3) is 0 Å². The van der Waals surface area contributed by atoms with E-state index in [0.717, 1.165) is 44.2 Å². The first-order valence-corrected chi connectivity index (χ1v) is 15.3. The van der Waals surface area contributed by atoms with E-state index in [0.29, 0.717) is 33.6 Å². The highest BCUT2D eigenvalue weighted by molar-refractivity contribution is 6.14. The Morgan fingerprint density at radius 2 is 1.33 bits per heavy atom. The van der Waals surface area contributed by atoms with Crippen LogP contribution in [0.15, 0.2) is 120 Å². The Morgan fingerprint density at radius 1 is 0.739 bits per heavy atom. The molecule has 7 aromatic rings. The molecule has 0 atom stereocenters. The van der Waals surface area contributed by atoms with E-state index in [4.69, 9.17) is 5.79 Å². The number of hydrogen-bond donors (Lipinski definition) is 0. The number of aromatic nitrogens is 1. The molecule has 2 aromatic heterocycles. The summed E-state index contributed by atoms with van der Waals surface area (Å²) in [6.45, 7) is 7.48. The van der Waals surface area contributed by atoms with Crippen molar-refractivity contribution in [2.75, 3.05) is 0 Å². The lowest BCUT2D eigenvalue weighted by molar-refractivity contribution is -0.662. The molecule has 0 fully saturated rings. The second-order valence-electron chi connectivity index (χ2n) is 12.8. The maximum atomic E-state index is 15.5. The first-order chi connectivity index (χ1) is 23.0. The Kier molecular flexibility index (Phi) is 6.49. The van der Waals surface area contributed by atoms with Gasteiger partial charge in [-0.15, -0.1) is 0 Å². The van der Waals surface area contributed by atoms with Crippen LogP contribution in [-0.4, -0.2) is 0 Å². The Labute approximate surface area is 271 Å². The minimum Gasteiger partial charge on any atom is -0.454 e. The number of hydrogen-bond acceptors (Lipinski definition) is 2. The van der Waals surface area contributed by atoms with Crippen molar-refractivity contribution in [3.63, 3.8) is 0 Å². The maximum Gasteiger partial charge on any atom is 0.216 e. The molecule has 3 nitrogen and oxygen atoms in total. The van der Waals surface area contributed by atoms with Crippen LogP contribution < -0.4 is 4.57 Å². The van der Waals surface area contributed by atoms with Crippen molar-refractivity contribution < 1.29 is 16.1 Å². The van der Waals surface area contributed by atoms with Crippen LogP contribution in [0.1, 0.15) is 40.2 Å². The summed E-state index contributed by atoms with van der Waals surface area (Å²) in [5, 5.41) is 11.9. The van der Waals surface area contributed by atoms with Gasteiger partial charge in [-0.25, -0.2) is 4.39 Å². The minimum atomic E-state index is -0.695. The highest BCUT2D eigenvalue weighted by atomic mass is 19.1. The lowest BCUT2D eigenvalue weighted by atomic mass is 9.86. The fourth-order valence-electron chi connectivity index (χ4n) is 6.28. The third-order valence-corrected chi connectivity index (χ3v) is 8.67. The zero-order valence-corrected chi connectivity index (χ0v) is 26.5. The van der Waals surface area contributed by atoms with Crippen LogP contribution >= 0.6 is 0 Å². The standard InChI is InChI=1S/C42H34FN2O/c1-26-14-20-33-34-21-19-32(24-44)39(41(34)46-40(33)38(26)37-23-35(42(2,3)4)36(43)25-45(37)5)29-17-15-28(16-18-29)31-13-9-12-30(22-31)27-10-7-6-8-11-27/h6-23,25H,1-5H3/q+1/i23D,25D. The van der Waals surface area contributed by atoms with Crippen LogP contribution in [-0.2, 0) is 12.5 Å². The minimum absolute atomic E-state index is 0.0272. The summed E-state index contributed by atoms with van der Waals surface area (Å²) < 4.78 is 41.4. The van der Waals surface area contributed by atoms with Crippen LogP contribution in [0.2, 0.25) is 0 Å². The van der Waals surface area contributed by atoms with Gasteiger partial charge in [-0.3, -0.25) is 0 Å². The zero-order chi connectivity index (χ0) is 33.9. The number of fused-ring (bicyclic) bond motifs is 3. The number of rotatable bonds is 4. The Bertz CT molecular complexity index is 2430. The molecule has 0 N–H and O–H groups in total. The third kappa shape index (κ3) is 4.95. The Balaban J connectivity index is 1.42. The molecular weight excluding hydrogens is 567 g/mol. The van der Waals surface area contributed by atoms with Gasteiger partial charge in [0.1, 0.15) is 19.6 Å². The fraction of sp³-hybridized carbons (Fsp3) is 0.143. The largest absolute Gasteiger partial charge is 0.454 e. The molecule has 224 valence electrons. The second-order valence-corrected chi connectivity index (χ2v) is 12.8. The molecule has 7 rings (SSSR count). The molecule has 0 aliphatic carbocycles. The SMILES string of the molecule is [2H]c1c(C(C)(C)C)c(F)c([2H])[n+](C)c1-c1c(C)ccc2c1oc1c(-c3ccc(-c4cccc(-c5ccccc5)c4)cc3)c(C#N)ccc12. The number of halogens is 1. The molecule has 2 heterocycles. The van der Waals surface area contributed by atoms with Gasteiger partial charge in [0.05, 0.1) is 18.6 Å². The van der Waals surface area contributed by atoms with Gasteiger partial charge in [-0.1, -0.05) is 106 Å². The first kappa shape index (κ1) is 26.8. The molecule has 0 saturated heterocycles. The third-order valence-electron chi connectivity index (χ3n) is 8.67. The number of furan rings is 1. The lowest BCUT2D eigenvalue weighted by Crippen LogP contribution is -2.33. The molecule has 4 heteroatoms. The molecule has 0 saturated carbocycles. The van der Waals surface area contributed by atoms with Gasteiger partial charge >= 0.3 is 0 Å². The van der Waals surface area contributed by atoms with E-state index in [2.05, 4.69) is 54.6 Å². The molecule has 46 heavy (non-hydrogen) atoms. The van der Waals surface area contributed by atoms with Crippen molar-refractivity contribution in [2.45, 2.75) is 33.1 Å². The van der Waals surface area contributed by atoms with Gasteiger partial charge in [-0.2, -0.15) is 9.83 Å². The summed E-state index contributed by atoms with van der Waals surface area (Å²) in [7, 11) is 1.61. The molecule has 5 aromatic carbocycles. The van der Waals surface area contributed by atoms with Crippen LogP contribution in [0, 0.1) is 24.1 Å². The van der Waals surface area contributed by atoms with Crippen molar-refractivity contribution in [3.8, 4) is 50.7 Å². The normalized spacial score (nSPS) is 12.3. The topological polar surface area (TPSA) is 40.8 Å². The number of pyridine rings is 1.